The zero-order chi connectivity index (χ0) is 21.2. The Morgan fingerprint density at radius 1 is 0.931 bits per heavy atom. The van der Waals surface area contributed by atoms with E-state index in [9.17, 15) is 18.0 Å². The minimum atomic E-state index is -3.61. The number of rotatable bonds is 7. The Morgan fingerprint density at radius 3 is 2.07 bits per heavy atom. The monoisotopic (exact) mass is 411 g/mol. The molecule has 0 aliphatic rings. The quantitative estimate of drug-likeness (QED) is 0.595. The Kier molecular flexibility index (Phi) is 5.70. The van der Waals surface area contributed by atoms with Gasteiger partial charge in [0.1, 0.15) is 5.75 Å². The van der Waals surface area contributed by atoms with E-state index in [0.29, 0.717) is 28.3 Å². The molecule has 0 aliphatic heterocycles. The minimum absolute atomic E-state index is 0.105. The van der Waals surface area contributed by atoms with Gasteiger partial charge in [-0.3, -0.25) is 9.59 Å². The van der Waals surface area contributed by atoms with Gasteiger partial charge in [-0.15, -0.1) is 0 Å². The highest BCUT2D eigenvalue weighted by atomic mass is 32.2. The molecule has 1 heterocycles. The smallest absolute Gasteiger partial charge is 0.216 e. The predicted octanol–water partition coefficient (Wildman–Crippen LogP) is 3.93. The fourth-order valence-corrected chi connectivity index (χ4v) is 4.51. The van der Waals surface area contributed by atoms with E-state index in [-0.39, 0.29) is 28.0 Å². The molecule has 3 aromatic rings. The van der Waals surface area contributed by atoms with Crippen LogP contribution in [0.3, 0.4) is 0 Å². The molecule has 0 unspecified atom stereocenters. The van der Waals surface area contributed by atoms with Crippen LogP contribution in [0.4, 0.5) is 0 Å². The van der Waals surface area contributed by atoms with E-state index in [0.717, 1.165) is 0 Å². The summed E-state index contributed by atoms with van der Waals surface area (Å²) in [6, 6.07) is 14.1. The van der Waals surface area contributed by atoms with Crippen molar-refractivity contribution in [1.82, 2.24) is 4.98 Å². The molecule has 0 fully saturated rings. The lowest BCUT2D eigenvalue weighted by Gasteiger charge is -2.08. The molecule has 2 aromatic carbocycles. The van der Waals surface area contributed by atoms with Gasteiger partial charge >= 0.3 is 0 Å². The summed E-state index contributed by atoms with van der Waals surface area (Å²) in [6.07, 6.45) is 0. The third-order valence-electron chi connectivity index (χ3n) is 4.63. The van der Waals surface area contributed by atoms with Crippen LogP contribution in [0, 0.1) is 13.8 Å². The number of aryl methyl sites for hydroxylation is 1. The molecule has 3 rings (SSSR count). The average Bonchev–Trinajstić information content (AvgIpc) is 3.01. The zero-order valence-electron chi connectivity index (χ0n) is 16.4. The molecule has 0 radical (unpaired) electrons. The molecule has 0 spiro atoms. The van der Waals surface area contributed by atoms with Crippen molar-refractivity contribution in [3.05, 3.63) is 77.1 Å². The highest BCUT2D eigenvalue weighted by Crippen LogP contribution is 2.23. The number of carbonyl (C=O) groups is 2. The maximum Gasteiger partial charge on any atom is 0.216 e. The number of sulfone groups is 1. The lowest BCUT2D eigenvalue weighted by atomic mass is 10.1. The fraction of sp³-hybridized carbons (Fsp3) is 0.182. The summed E-state index contributed by atoms with van der Waals surface area (Å²) in [5.74, 6) is -0.0244. The van der Waals surface area contributed by atoms with E-state index in [1.807, 2.05) is 0 Å². The third kappa shape index (κ3) is 4.14. The molecule has 0 saturated carbocycles. The number of hydrogen-bond donors (Lipinski definition) is 1. The Morgan fingerprint density at radius 2 is 1.52 bits per heavy atom. The summed E-state index contributed by atoms with van der Waals surface area (Å²) < 4.78 is 30.7. The second-order valence-corrected chi connectivity index (χ2v) is 8.63. The number of aromatic amines is 1. The number of benzene rings is 2. The molecule has 0 amide bonds. The first-order valence-electron chi connectivity index (χ1n) is 8.98. The summed E-state index contributed by atoms with van der Waals surface area (Å²) >= 11 is 0. The van der Waals surface area contributed by atoms with Crippen molar-refractivity contribution < 1.29 is 22.7 Å². The van der Waals surface area contributed by atoms with Crippen LogP contribution in [0.15, 0.2) is 64.4 Å². The highest BCUT2D eigenvalue weighted by Gasteiger charge is 2.20. The van der Waals surface area contributed by atoms with Crippen molar-refractivity contribution >= 4 is 21.4 Å². The summed E-state index contributed by atoms with van der Waals surface area (Å²) in [4.78, 5) is 27.5. The average molecular weight is 411 g/mol. The SMILES string of the molecule is CC(=O)c1c(C)[nH]c(C(=O)COc2ccc(S(=O)(=O)c3ccccc3)cc2)c1C. The van der Waals surface area contributed by atoms with Crippen LogP contribution in [0.25, 0.3) is 0 Å². The number of nitrogens with one attached hydrogen (secondary N) is 1. The number of Topliss-reactive ketones (excluding diaryl/α,β-unsaturated/α-hetero) is 2. The van der Waals surface area contributed by atoms with E-state index in [1.165, 1.54) is 43.3 Å². The Hall–Kier alpha value is -3.19. The zero-order valence-corrected chi connectivity index (χ0v) is 17.2. The van der Waals surface area contributed by atoms with Crippen molar-refractivity contribution in [1.29, 1.82) is 0 Å². The van der Waals surface area contributed by atoms with Crippen LogP contribution in [0.2, 0.25) is 0 Å². The second-order valence-electron chi connectivity index (χ2n) is 6.68. The molecule has 0 aliphatic carbocycles. The summed E-state index contributed by atoms with van der Waals surface area (Å²) in [6.45, 7) is 4.69. The van der Waals surface area contributed by atoms with Gasteiger partial charge in [0.25, 0.3) is 0 Å². The lowest BCUT2D eigenvalue weighted by molar-refractivity contribution is 0.0916. The van der Waals surface area contributed by atoms with Crippen LogP contribution >= 0.6 is 0 Å². The first kappa shape index (κ1) is 20.5. The van der Waals surface area contributed by atoms with Crippen LogP contribution in [0.5, 0.6) is 5.75 Å². The van der Waals surface area contributed by atoms with Gasteiger partial charge in [0.05, 0.1) is 15.5 Å². The molecule has 1 N–H and O–H groups in total. The molecular weight excluding hydrogens is 390 g/mol. The van der Waals surface area contributed by atoms with Crippen molar-refractivity contribution in [2.75, 3.05) is 6.61 Å². The Labute approximate surface area is 169 Å². The number of ether oxygens (including phenoxy) is 1. The minimum Gasteiger partial charge on any atom is -0.485 e. The first-order chi connectivity index (χ1) is 13.7. The van der Waals surface area contributed by atoms with E-state index >= 15 is 0 Å². The van der Waals surface area contributed by atoms with Gasteiger partial charge < -0.3 is 9.72 Å². The highest BCUT2D eigenvalue weighted by molar-refractivity contribution is 7.91. The molecular formula is C22H21NO5S. The standard InChI is InChI=1S/C22H21NO5S/c1-14-21(16(3)24)15(2)23-22(14)20(25)13-28-17-9-11-19(12-10-17)29(26,27)18-7-5-4-6-8-18/h4-12,23H,13H2,1-3H3. The number of ketones is 2. The molecule has 0 atom stereocenters. The lowest BCUT2D eigenvalue weighted by Crippen LogP contribution is -2.13. The second kappa shape index (κ2) is 8.05. The molecule has 0 saturated heterocycles. The topological polar surface area (TPSA) is 93.3 Å². The van der Waals surface area contributed by atoms with Gasteiger partial charge in [0, 0.05) is 11.3 Å². The van der Waals surface area contributed by atoms with Gasteiger partial charge in [-0.25, -0.2) is 8.42 Å². The van der Waals surface area contributed by atoms with Crippen LogP contribution in [0.1, 0.15) is 39.0 Å². The van der Waals surface area contributed by atoms with E-state index < -0.39 is 9.84 Å². The van der Waals surface area contributed by atoms with E-state index in [2.05, 4.69) is 4.98 Å². The summed E-state index contributed by atoms with van der Waals surface area (Å²) in [5, 5.41) is 0. The predicted molar refractivity (Wildman–Crippen MR) is 108 cm³/mol. The maximum absolute atomic E-state index is 12.6. The van der Waals surface area contributed by atoms with Crippen LogP contribution < -0.4 is 4.74 Å². The number of H-pyrrole nitrogens is 1. The fourth-order valence-electron chi connectivity index (χ4n) is 3.23. The van der Waals surface area contributed by atoms with Crippen LogP contribution in [-0.2, 0) is 9.84 Å². The number of carbonyl (C=O) groups excluding carboxylic acids is 2. The van der Waals surface area contributed by atoms with Gasteiger partial charge in [-0.05, 0) is 62.7 Å². The summed E-state index contributed by atoms with van der Waals surface area (Å²) in [5.41, 5.74) is 2.11. The van der Waals surface area contributed by atoms with E-state index in [1.54, 1.807) is 32.0 Å². The van der Waals surface area contributed by atoms with Crippen molar-refractivity contribution in [2.45, 2.75) is 30.6 Å². The normalized spacial score (nSPS) is 11.3. The Balaban J connectivity index is 1.72. The van der Waals surface area contributed by atoms with E-state index in [4.69, 9.17) is 4.74 Å². The van der Waals surface area contributed by atoms with Gasteiger partial charge in [0.15, 0.2) is 12.4 Å². The largest absolute Gasteiger partial charge is 0.485 e. The molecule has 29 heavy (non-hydrogen) atoms. The summed E-state index contributed by atoms with van der Waals surface area (Å²) in [7, 11) is -3.61. The number of aromatic nitrogens is 1. The molecule has 0 bridgehead atoms. The van der Waals surface area contributed by atoms with Crippen molar-refractivity contribution in [2.24, 2.45) is 0 Å². The maximum atomic E-state index is 12.6. The molecule has 150 valence electrons. The molecule has 1 aromatic heterocycles. The molecule has 6 nitrogen and oxygen atoms in total. The third-order valence-corrected chi connectivity index (χ3v) is 6.41. The molecule has 7 heteroatoms. The van der Waals surface area contributed by atoms with Crippen molar-refractivity contribution in [3.63, 3.8) is 0 Å². The number of hydrogen-bond acceptors (Lipinski definition) is 5. The van der Waals surface area contributed by atoms with Crippen LogP contribution in [-0.4, -0.2) is 31.6 Å². The first-order valence-corrected chi connectivity index (χ1v) is 10.5. The van der Waals surface area contributed by atoms with Gasteiger partial charge in [-0.2, -0.15) is 0 Å². The van der Waals surface area contributed by atoms with Gasteiger partial charge in [0.2, 0.25) is 15.6 Å². The van der Waals surface area contributed by atoms with Crippen molar-refractivity contribution in [3.8, 4) is 5.75 Å². The van der Waals surface area contributed by atoms with Gasteiger partial charge in [-0.1, -0.05) is 18.2 Å². The Bertz CT molecular complexity index is 1160.